The first kappa shape index (κ1) is 14.4. The molecule has 1 atom stereocenters. The number of carbonyl (C=O) groups excluding carboxylic acids is 1. The third-order valence-electron chi connectivity index (χ3n) is 2.22. The maximum Gasteiger partial charge on any atom is 0.188 e. The number of halogens is 1. The van der Waals surface area contributed by atoms with Gasteiger partial charge in [0.25, 0.3) is 0 Å². The zero-order chi connectivity index (χ0) is 12.7. The van der Waals surface area contributed by atoms with Crippen molar-refractivity contribution in [3.63, 3.8) is 0 Å². The summed E-state index contributed by atoms with van der Waals surface area (Å²) in [6, 6.07) is 7.25. The van der Waals surface area contributed by atoms with Crippen molar-refractivity contribution in [2.75, 3.05) is 19.8 Å². The van der Waals surface area contributed by atoms with E-state index in [0.717, 1.165) is 4.47 Å². The minimum Gasteiger partial charge on any atom is -0.379 e. The monoisotopic (exact) mass is 300 g/mol. The molecular formula is C13H17BrO3. The predicted octanol–water partition coefficient (Wildman–Crippen LogP) is 3.07. The normalized spacial score (nSPS) is 12.4. The van der Waals surface area contributed by atoms with Crippen molar-refractivity contribution in [3.8, 4) is 0 Å². The van der Waals surface area contributed by atoms with Crippen LogP contribution in [-0.4, -0.2) is 31.7 Å². The second-order valence-electron chi connectivity index (χ2n) is 3.71. The lowest BCUT2D eigenvalue weighted by molar-refractivity contribution is 0.00115. The van der Waals surface area contributed by atoms with Gasteiger partial charge in [0.2, 0.25) is 0 Å². The summed E-state index contributed by atoms with van der Waals surface area (Å²) in [6.07, 6.45) is -0.0608. The maximum absolute atomic E-state index is 11.8. The second-order valence-corrected chi connectivity index (χ2v) is 4.63. The summed E-state index contributed by atoms with van der Waals surface area (Å²) in [5, 5.41) is 0. The fourth-order valence-electron chi connectivity index (χ4n) is 1.27. The average Bonchev–Trinajstić information content (AvgIpc) is 2.34. The fraction of sp³-hybridized carbons (Fsp3) is 0.462. The van der Waals surface area contributed by atoms with Gasteiger partial charge in [-0.15, -0.1) is 0 Å². The standard InChI is InChI=1S/C13H17BrO3/c1-3-16-8-10(2)17-9-13(15)11-4-6-12(14)7-5-11/h4-7,10H,3,8-9H2,1-2H3. The summed E-state index contributed by atoms with van der Waals surface area (Å²) in [6.45, 7) is 5.10. The minimum atomic E-state index is -0.0608. The van der Waals surface area contributed by atoms with Gasteiger partial charge in [0.15, 0.2) is 5.78 Å². The Labute approximate surface area is 110 Å². The molecule has 1 aromatic rings. The van der Waals surface area contributed by atoms with Crippen molar-refractivity contribution in [3.05, 3.63) is 34.3 Å². The molecule has 0 N–H and O–H groups in total. The van der Waals surface area contributed by atoms with Crippen LogP contribution >= 0.6 is 15.9 Å². The van der Waals surface area contributed by atoms with E-state index in [1.165, 1.54) is 0 Å². The Bertz CT molecular complexity index is 348. The van der Waals surface area contributed by atoms with Crippen LogP contribution in [0.4, 0.5) is 0 Å². The van der Waals surface area contributed by atoms with Gasteiger partial charge in [0.1, 0.15) is 6.61 Å². The van der Waals surface area contributed by atoms with E-state index in [-0.39, 0.29) is 18.5 Å². The van der Waals surface area contributed by atoms with Crippen molar-refractivity contribution in [2.45, 2.75) is 20.0 Å². The van der Waals surface area contributed by atoms with E-state index < -0.39 is 0 Å². The van der Waals surface area contributed by atoms with Crippen LogP contribution in [0.1, 0.15) is 24.2 Å². The molecule has 3 nitrogen and oxygen atoms in total. The highest BCUT2D eigenvalue weighted by Crippen LogP contribution is 2.11. The van der Waals surface area contributed by atoms with Gasteiger partial charge >= 0.3 is 0 Å². The van der Waals surface area contributed by atoms with E-state index in [1.807, 2.05) is 26.0 Å². The Morgan fingerprint density at radius 3 is 2.59 bits per heavy atom. The molecule has 0 heterocycles. The molecule has 0 aliphatic carbocycles. The molecule has 1 rings (SSSR count). The largest absolute Gasteiger partial charge is 0.379 e. The lowest BCUT2D eigenvalue weighted by atomic mass is 10.1. The smallest absolute Gasteiger partial charge is 0.188 e. The van der Waals surface area contributed by atoms with Crippen LogP contribution in [0.2, 0.25) is 0 Å². The van der Waals surface area contributed by atoms with Gasteiger partial charge in [-0.2, -0.15) is 0 Å². The number of ether oxygens (including phenoxy) is 2. The molecule has 0 aromatic heterocycles. The van der Waals surface area contributed by atoms with Crippen LogP contribution in [-0.2, 0) is 9.47 Å². The summed E-state index contributed by atoms with van der Waals surface area (Å²) >= 11 is 3.33. The highest BCUT2D eigenvalue weighted by atomic mass is 79.9. The number of hydrogen-bond acceptors (Lipinski definition) is 3. The van der Waals surface area contributed by atoms with Crippen LogP contribution in [0.3, 0.4) is 0 Å². The molecule has 0 amide bonds. The molecule has 0 radical (unpaired) electrons. The highest BCUT2D eigenvalue weighted by Gasteiger charge is 2.09. The summed E-state index contributed by atoms with van der Waals surface area (Å²) in [5.74, 6) is -0.0131. The molecule has 0 aliphatic heterocycles. The molecule has 0 fully saturated rings. The summed E-state index contributed by atoms with van der Waals surface area (Å²) in [5.41, 5.74) is 0.664. The Balaban J connectivity index is 2.36. The minimum absolute atomic E-state index is 0.0131. The van der Waals surface area contributed by atoms with Crippen LogP contribution in [0, 0.1) is 0 Å². The molecular weight excluding hydrogens is 284 g/mol. The number of benzene rings is 1. The molecule has 0 bridgehead atoms. The molecule has 0 saturated carbocycles. The van der Waals surface area contributed by atoms with Crippen molar-refractivity contribution in [1.82, 2.24) is 0 Å². The Morgan fingerprint density at radius 1 is 1.35 bits per heavy atom. The van der Waals surface area contributed by atoms with E-state index in [1.54, 1.807) is 12.1 Å². The molecule has 1 aromatic carbocycles. The molecule has 1 unspecified atom stereocenters. The predicted molar refractivity (Wildman–Crippen MR) is 70.4 cm³/mol. The Kier molecular flexibility index (Phi) is 6.40. The summed E-state index contributed by atoms with van der Waals surface area (Å²) in [7, 11) is 0. The molecule has 0 spiro atoms. The van der Waals surface area contributed by atoms with Gasteiger partial charge in [-0.1, -0.05) is 28.1 Å². The van der Waals surface area contributed by atoms with Crippen LogP contribution in [0.5, 0.6) is 0 Å². The first-order valence-corrected chi connectivity index (χ1v) is 6.41. The van der Waals surface area contributed by atoms with Gasteiger partial charge < -0.3 is 9.47 Å². The lowest BCUT2D eigenvalue weighted by Crippen LogP contribution is -2.20. The van der Waals surface area contributed by atoms with Gasteiger partial charge in [-0.25, -0.2) is 0 Å². The van der Waals surface area contributed by atoms with Gasteiger partial charge in [-0.05, 0) is 26.0 Å². The molecule has 4 heteroatoms. The Morgan fingerprint density at radius 2 is 2.00 bits per heavy atom. The SMILES string of the molecule is CCOCC(C)OCC(=O)c1ccc(Br)cc1. The zero-order valence-corrected chi connectivity index (χ0v) is 11.7. The van der Waals surface area contributed by atoms with Gasteiger partial charge in [-0.3, -0.25) is 4.79 Å². The average molecular weight is 301 g/mol. The lowest BCUT2D eigenvalue weighted by Gasteiger charge is -2.12. The van der Waals surface area contributed by atoms with E-state index in [4.69, 9.17) is 9.47 Å². The topological polar surface area (TPSA) is 35.5 Å². The molecule has 94 valence electrons. The van der Waals surface area contributed by atoms with Gasteiger partial charge in [0.05, 0.1) is 12.7 Å². The van der Waals surface area contributed by atoms with Crippen molar-refractivity contribution < 1.29 is 14.3 Å². The number of Topliss-reactive ketones (excluding diaryl/α,β-unsaturated/α-hetero) is 1. The van der Waals surface area contributed by atoms with Crippen molar-refractivity contribution >= 4 is 21.7 Å². The maximum atomic E-state index is 11.8. The van der Waals surface area contributed by atoms with Crippen molar-refractivity contribution in [1.29, 1.82) is 0 Å². The van der Waals surface area contributed by atoms with E-state index >= 15 is 0 Å². The Hall–Kier alpha value is -0.710. The first-order valence-electron chi connectivity index (χ1n) is 5.61. The van der Waals surface area contributed by atoms with Crippen molar-refractivity contribution in [2.24, 2.45) is 0 Å². The van der Waals surface area contributed by atoms with E-state index in [2.05, 4.69) is 15.9 Å². The number of rotatable bonds is 7. The highest BCUT2D eigenvalue weighted by molar-refractivity contribution is 9.10. The molecule has 0 saturated heterocycles. The number of ketones is 1. The fourth-order valence-corrected chi connectivity index (χ4v) is 1.53. The third kappa shape index (κ3) is 5.44. The quantitative estimate of drug-likeness (QED) is 0.726. The summed E-state index contributed by atoms with van der Waals surface area (Å²) in [4.78, 5) is 11.8. The van der Waals surface area contributed by atoms with E-state index in [9.17, 15) is 4.79 Å². The summed E-state index contributed by atoms with van der Waals surface area (Å²) < 4.78 is 11.6. The van der Waals surface area contributed by atoms with Crippen LogP contribution in [0.25, 0.3) is 0 Å². The zero-order valence-electron chi connectivity index (χ0n) is 10.1. The molecule has 0 aliphatic rings. The van der Waals surface area contributed by atoms with E-state index in [0.29, 0.717) is 18.8 Å². The third-order valence-corrected chi connectivity index (χ3v) is 2.75. The first-order chi connectivity index (χ1) is 8.13. The van der Waals surface area contributed by atoms with Gasteiger partial charge in [0, 0.05) is 16.6 Å². The van der Waals surface area contributed by atoms with Crippen LogP contribution in [0.15, 0.2) is 28.7 Å². The second kappa shape index (κ2) is 7.58. The molecule has 17 heavy (non-hydrogen) atoms. The number of hydrogen-bond donors (Lipinski definition) is 0. The number of carbonyl (C=O) groups is 1. The van der Waals surface area contributed by atoms with Crippen LogP contribution < -0.4 is 0 Å².